The number of aryl methyl sites for hydroxylation is 1. The molecular formula is C25H26N2O3. The summed E-state index contributed by atoms with van der Waals surface area (Å²) in [6, 6.07) is 17.1. The Morgan fingerprint density at radius 3 is 2.47 bits per heavy atom. The van der Waals surface area contributed by atoms with Crippen molar-refractivity contribution in [2.24, 2.45) is 5.92 Å². The minimum absolute atomic E-state index is 0.0363. The van der Waals surface area contributed by atoms with Crippen LogP contribution in [0.15, 0.2) is 48.5 Å². The van der Waals surface area contributed by atoms with Crippen LogP contribution in [0.5, 0.6) is 0 Å². The summed E-state index contributed by atoms with van der Waals surface area (Å²) in [7, 11) is 0. The first-order chi connectivity index (χ1) is 14.6. The Labute approximate surface area is 177 Å². The van der Waals surface area contributed by atoms with Gasteiger partial charge in [0.2, 0.25) is 0 Å². The Balaban J connectivity index is 1.46. The zero-order chi connectivity index (χ0) is 21.1. The number of hydrogen-bond donors (Lipinski definition) is 0. The Bertz CT molecular complexity index is 966. The van der Waals surface area contributed by atoms with Crippen LogP contribution in [-0.4, -0.2) is 28.9 Å². The maximum atomic E-state index is 13.3. The second-order valence-electron chi connectivity index (χ2n) is 8.36. The zero-order valence-corrected chi connectivity index (χ0v) is 17.2. The van der Waals surface area contributed by atoms with E-state index in [1.165, 1.54) is 0 Å². The van der Waals surface area contributed by atoms with Crippen LogP contribution in [0.2, 0.25) is 0 Å². The fourth-order valence-electron chi connectivity index (χ4n) is 4.86. The number of hydrogen-bond acceptors (Lipinski definition) is 4. The van der Waals surface area contributed by atoms with Gasteiger partial charge in [0.1, 0.15) is 6.61 Å². The number of piperidine rings is 2. The van der Waals surface area contributed by atoms with E-state index in [0.717, 1.165) is 30.4 Å². The van der Waals surface area contributed by atoms with Crippen LogP contribution in [0.1, 0.15) is 59.2 Å². The van der Waals surface area contributed by atoms with Crippen molar-refractivity contribution < 1.29 is 14.3 Å². The van der Waals surface area contributed by atoms with E-state index in [0.29, 0.717) is 24.0 Å². The van der Waals surface area contributed by atoms with Crippen molar-refractivity contribution >= 4 is 11.9 Å². The molecule has 0 radical (unpaired) electrons. The van der Waals surface area contributed by atoms with Crippen molar-refractivity contribution in [1.82, 2.24) is 4.90 Å². The fraction of sp³-hybridized carbons (Fsp3) is 0.400. The van der Waals surface area contributed by atoms with Crippen LogP contribution < -0.4 is 0 Å². The second-order valence-corrected chi connectivity index (χ2v) is 8.36. The molecule has 2 aromatic carbocycles. The molecule has 154 valence electrons. The highest BCUT2D eigenvalue weighted by atomic mass is 16.6. The number of rotatable bonds is 4. The van der Waals surface area contributed by atoms with Gasteiger partial charge in [0.05, 0.1) is 11.6 Å². The van der Waals surface area contributed by atoms with Gasteiger partial charge in [0, 0.05) is 23.6 Å². The molecule has 0 saturated carbocycles. The van der Waals surface area contributed by atoms with E-state index in [9.17, 15) is 14.9 Å². The van der Waals surface area contributed by atoms with E-state index < -0.39 is 0 Å². The molecule has 2 bridgehead atoms. The van der Waals surface area contributed by atoms with E-state index >= 15 is 0 Å². The van der Waals surface area contributed by atoms with Gasteiger partial charge in [0.15, 0.2) is 5.78 Å². The standard InChI is InChI=1S/C25H26N2O3/c1-17-10-11-19(15-26)12-23(17)24(28)20-13-21-8-5-9-22(14-20)27(21)25(29)30-16-18-6-3-2-4-7-18/h2-4,6-7,10-12,20-22H,5,8-9,13-14,16H2,1H3. The Morgan fingerprint density at radius 2 is 1.80 bits per heavy atom. The molecule has 1 amide bonds. The average molecular weight is 402 g/mol. The number of carbonyl (C=O) groups excluding carboxylic acids is 2. The van der Waals surface area contributed by atoms with Gasteiger partial charge >= 0.3 is 6.09 Å². The Morgan fingerprint density at radius 1 is 1.10 bits per heavy atom. The molecule has 2 unspecified atom stereocenters. The second kappa shape index (κ2) is 8.71. The van der Waals surface area contributed by atoms with Gasteiger partial charge in [0.25, 0.3) is 0 Å². The first-order valence-electron chi connectivity index (χ1n) is 10.6. The molecule has 0 N–H and O–H groups in total. The van der Waals surface area contributed by atoms with Crippen molar-refractivity contribution in [2.75, 3.05) is 0 Å². The molecule has 2 aliphatic heterocycles. The highest BCUT2D eigenvalue weighted by Gasteiger charge is 2.43. The monoisotopic (exact) mass is 402 g/mol. The first kappa shape index (κ1) is 20.2. The fourth-order valence-corrected chi connectivity index (χ4v) is 4.86. The number of carbonyl (C=O) groups is 2. The Hall–Kier alpha value is -3.13. The number of ketones is 1. The summed E-state index contributed by atoms with van der Waals surface area (Å²) >= 11 is 0. The molecule has 5 heteroatoms. The molecule has 2 saturated heterocycles. The molecule has 2 aromatic rings. The SMILES string of the molecule is Cc1ccc(C#N)cc1C(=O)C1CC2CCCC(C1)N2C(=O)OCc1ccccc1. The smallest absolute Gasteiger partial charge is 0.410 e. The van der Waals surface area contributed by atoms with Crippen molar-refractivity contribution in [2.45, 2.75) is 57.7 Å². The maximum Gasteiger partial charge on any atom is 0.410 e. The number of amides is 1. The molecule has 0 aliphatic carbocycles. The lowest BCUT2D eigenvalue weighted by atomic mass is 9.75. The molecule has 5 nitrogen and oxygen atoms in total. The number of ether oxygens (including phenoxy) is 1. The predicted octanol–water partition coefficient (Wildman–Crippen LogP) is 5.02. The molecule has 4 rings (SSSR count). The summed E-state index contributed by atoms with van der Waals surface area (Å²) in [6.07, 6.45) is 3.91. The van der Waals surface area contributed by atoms with Crippen LogP contribution in [-0.2, 0) is 11.3 Å². The van der Waals surface area contributed by atoms with Crippen LogP contribution in [0.3, 0.4) is 0 Å². The summed E-state index contributed by atoms with van der Waals surface area (Å²) in [5.41, 5.74) is 3.01. The van der Waals surface area contributed by atoms with Gasteiger partial charge in [-0.05, 0) is 62.3 Å². The van der Waals surface area contributed by atoms with Gasteiger partial charge in [-0.3, -0.25) is 4.79 Å². The Kier molecular flexibility index (Phi) is 5.85. The van der Waals surface area contributed by atoms with Gasteiger partial charge in [-0.25, -0.2) is 4.79 Å². The first-order valence-corrected chi connectivity index (χ1v) is 10.6. The topological polar surface area (TPSA) is 70.4 Å². The van der Waals surface area contributed by atoms with Crippen molar-refractivity contribution in [3.8, 4) is 6.07 Å². The molecule has 2 fully saturated rings. The lowest BCUT2D eigenvalue weighted by molar-refractivity contribution is 0.00471. The van der Waals surface area contributed by atoms with E-state index in [1.807, 2.05) is 48.2 Å². The van der Waals surface area contributed by atoms with Gasteiger partial charge in [-0.1, -0.05) is 36.4 Å². The molecule has 2 aliphatic rings. The van der Waals surface area contributed by atoms with Crippen molar-refractivity contribution in [3.05, 3.63) is 70.8 Å². The quantitative estimate of drug-likeness (QED) is 0.673. The van der Waals surface area contributed by atoms with Crippen LogP contribution in [0.25, 0.3) is 0 Å². The summed E-state index contributed by atoms with van der Waals surface area (Å²) in [5.74, 6) is -0.0232. The number of Topliss-reactive ketones (excluding diaryl/α,β-unsaturated/α-hetero) is 1. The minimum atomic E-state index is -0.276. The third kappa shape index (κ3) is 4.09. The highest BCUT2D eigenvalue weighted by Crippen LogP contribution is 2.39. The zero-order valence-electron chi connectivity index (χ0n) is 17.2. The van der Waals surface area contributed by atoms with Crippen LogP contribution in [0.4, 0.5) is 4.79 Å². The van der Waals surface area contributed by atoms with Gasteiger partial charge in [-0.15, -0.1) is 0 Å². The van der Waals surface area contributed by atoms with Gasteiger partial charge < -0.3 is 9.64 Å². The average Bonchev–Trinajstić information content (AvgIpc) is 2.77. The maximum absolute atomic E-state index is 13.3. The summed E-state index contributed by atoms with van der Waals surface area (Å²) in [5, 5.41) is 9.19. The number of benzene rings is 2. The van der Waals surface area contributed by atoms with Crippen LogP contribution in [0, 0.1) is 24.2 Å². The highest BCUT2D eigenvalue weighted by molar-refractivity contribution is 5.99. The van der Waals surface area contributed by atoms with Crippen LogP contribution >= 0.6 is 0 Å². The normalized spacial score (nSPS) is 22.8. The van der Waals surface area contributed by atoms with Crippen molar-refractivity contribution in [3.63, 3.8) is 0 Å². The lowest BCUT2D eigenvalue weighted by Gasteiger charge is -2.47. The van der Waals surface area contributed by atoms with E-state index in [4.69, 9.17) is 4.74 Å². The molecule has 2 atom stereocenters. The largest absolute Gasteiger partial charge is 0.445 e. The third-order valence-electron chi connectivity index (χ3n) is 6.39. The van der Waals surface area contributed by atoms with Crippen molar-refractivity contribution in [1.29, 1.82) is 5.26 Å². The van der Waals surface area contributed by atoms with E-state index in [1.54, 1.807) is 12.1 Å². The molecule has 0 aromatic heterocycles. The molecule has 0 spiro atoms. The predicted molar refractivity (Wildman–Crippen MR) is 113 cm³/mol. The number of nitriles is 1. The minimum Gasteiger partial charge on any atom is -0.445 e. The molecule has 2 heterocycles. The third-order valence-corrected chi connectivity index (χ3v) is 6.39. The number of fused-ring (bicyclic) bond motifs is 2. The number of nitrogens with zero attached hydrogens (tertiary/aromatic N) is 2. The lowest BCUT2D eigenvalue weighted by Crippen LogP contribution is -2.55. The molecular weight excluding hydrogens is 376 g/mol. The summed E-state index contributed by atoms with van der Waals surface area (Å²) < 4.78 is 5.60. The van der Waals surface area contributed by atoms with Gasteiger partial charge in [-0.2, -0.15) is 5.26 Å². The molecule has 30 heavy (non-hydrogen) atoms. The summed E-state index contributed by atoms with van der Waals surface area (Å²) in [6.45, 7) is 2.17. The summed E-state index contributed by atoms with van der Waals surface area (Å²) in [4.78, 5) is 28.0. The van der Waals surface area contributed by atoms with E-state index in [-0.39, 0.29) is 36.5 Å². The van der Waals surface area contributed by atoms with E-state index in [2.05, 4.69) is 6.07 Å².